The Morgan fingerprint density at radius 2 is 1.85 bits per heavy atom. The van der Waals surface area contributed by atoms with Crippen LogP contribution in [0.3, 0.4) is 0 Å². The third-order valence-electron chi connectivity index (χ3n) is 4.09. The van der Waals surface area contributed by atoms with Gasteiger partial charge in [0, 0.05) is 21.7 Å². The minimum Gasteiger partial charge on any atom is -0.436 e. The van der Waals surface area contributed by atoms with Crippen LogP contribution in [0.15, 0.2) is 82.1 Å². The summed E-state index contributed by atoms with van der Waals surface area (Å²) in [5, 5.41) is 2.93. The zero-order valence-corrected chi connectivity index (χ0v) is 15.6. The third-order valence-corrected chi connectivity index (χ3v) is 4.97. The summed E-state index contributed by atoms with van der Waals surface area (Å²) in [7, 11) is 0. The van der Waals surface area contributed by atoms with E-state index in [0.717, 1.165) is 33.0 Å². The van der Waals surface area contributed by atoms with E-state index in [1.807, 2.05) is 72.8 Å². The first-order valence-electron chi connectivity index (χ1n) is 8.73. The molecule has 4 aromatic rings. The minimum atomic E-state index is -0.122. The van der Waals surface area contributed by atoms with E-state index in [0.29, 0.717) is 11.5 Å². The standard InChI is InChI=1S/C22H18N2O2S/c1-2-27-18-7-5-6-16(14-18)21(25)23-17-12-10-15(11-13-17)22-24-19-8-3-4-9-20(19)26-22/h3-14H,2H2,1H3,(H,23,25). The first kappa shape index (κ1) is 17.4. The summed E-state index contributed by atoms with van der Waals surface area (Å²) in [6, 6.07) is 22.8. The van der Waals surface area contributed by atoms with Crippen molar-refractivity contribution in [3.05, 3.63) is 78.4 Å². The van der Waals surface area contributed by atoms with Gasteiger partial charge in [0.15, 0.2) is 5.58 Å². The summed E-state index contributed by atoms with van der Waals surface area (Å²) in [4.78, 5) is 18.1. The number of hydrogen-bond donors (Lipinski definition) is 1. The van der Waals surface area contributed by atoms with Crippen LogP contribution in [0.1, 0.15) is 17.3 Å². The second-order valence-corrected chi connectivity index (χ2v) is 7.32. The molecule has 0 fully saturated rings. The van der Waals surface area contributed by atoms with E-state index in [1.165, 1.54) is 0 Å². The average Bonchev–Trinajstić information content (AvgIpc) is 3.13. The molecule has 4 nitrogen and oxygen atoms in total. The van der Waals surface area contributed by atoms with Crippen LogP contribution in [0.5, 0.6) is 0 Å². The minimum absolute atomic E-state index is 0.122. The lowest BCUT2D eigenvalue weighted by Gasteiger charge is -2.07. The number of anilines is 1. The monoisotopic (exact) mass is 374 g/mol. The fraction of sp³-hybridized carbons (Fsp3) is 0.0909. The highest BCUT2D eigenvalue weighted by molar-refractivity contribution is 7.99. The van der Waals surface area contributed by atoms with Gasteiger partial charge in [0.05, 0.1) is 0 Å². The van der Waals surface area contributed by atoms with E-state index in [2.05, 4.69) is 17.2 Å². The van der Waals surface area contributed by atoms with Crippen LogP contribution in [-0.4, -0.2) is 16.6 Å². The molecule has 1 N–H and O–H groups in total. The van der Waals surface area contributed by atoms with Crippen molar-refractivity contribution >= 4 is 34.5 Å². The van der Waals surface area contributed by atoms with Gasteiger partial charge in [0.25, 0.3) is 5.91 Å². The van der Waals surface area contributed by atoms with Gasteiger partial charge in [-0.2, -0.15) is 0 Å². The molecule has 0 bridgehead atoms. The number of carbonyl (C=O) groups excluding carboxylic acids is 1. The molecule has 134 valence electrons. The maximum atomic E-state index is 12.5. The summed E-state index contributed by atoms with van der Waals surface area (Å²) >= 11 is 1.72. The number of benzene rings is 3. The molecule has 1 heterocycles. The van der Waals surface area contributed by atoms with Crippen molar-refractivity contribution in [3.8, 4) is 11.5 Å². The van der Waals surface area contributed by atoms with E-state index in [-0.39, 0.29) is 5.91 Å². The molecule has 3 aromatic carbocycles. The number of oxazole rings is 1. The van der Waals surface area contributed by atoms with Crippen LogP contribution >= 0.6 is 11.8 Å². The number of rotatable bonds is 5. The Labute approximate surface area is 161 Å². The fourth-order valence-corrected chi connectivity index (χ4v) is 3.51. The second kappa shape index (κ2) is 7.68. The maximum absolute atomic E-state index is 12.5. The molecule has 1 aromatic heterocycles. The molecule has 0 aliphatic heterocycles. The molecular formula is C22H18N2O2S. The molecule has 4 rings (SSSR count). The molecule has 27 heavy (non-hydrogen) atoms. The van der Waals surface area contributed by atoms with E-state index < -0.39 is 0 Å². The molecule has 1 amide bonds. The Bertz CT molecular complexity index is 1050. The highest BCUT2D eigenvalue weighted by atomic mass is 32.2. The Balaban J connectivity index is 1.50. The number of nitrogens with one attached hydrogen (secondary N) is 1. The second-order valence-electron chi connectivity index (χ2n) is 5.98. The normalized spacial score (nSPS) is 10.9. The van der Waals surface area contributed by atoms with Crippen molar-refractivity contribution in [2.75, 3.05) is 11.1 Å². The summed E-state index contributed by atoms with van der Waals surface area (Å²) in [6.07, 6.45) is 0. The van der Waals surface area contributed by atoms with Gasteiger partial charge >= 0.3 is 0 Å². The largest absolute Gasteiger partial charge is 0.436 e. The smallest absolute Gasteiger partial charge is 0.255 e. The van der Waals surface area contributed by atoms with E-state index >= 15 is 0 Å². The molecule has 0 spiro atoms. The van der Waals surface area contributed by atoms with Crippen molar-refractivity contribution in [3.63, 3.8) is 0 Å². The topological polar surface area (TPSA) is 55.1 Å². The Morgan fingerprint density at radius 3 is 2.63 bits per heavy atom. The number of aromatic nitrogens is 1. The predicted molar refractivity (Wildman–Crippen MR) is 110 cm³/mol. The quantitative estimate of drug-likeness (QED) is 0.445. The van der Waals surface area contributed by atoms with Crippen molar-refractivity contribution in [1.29, 1.82) is 0 Å². The molecule has 0 atom stereocenters. The number of carbonyl (C=O) groups is 1. The molecule has 5 heteroatoms. The Kier molecular flexibility index (Phi) is 4.94. The zero-order chi connectivity index (χ0) is 18.6. The average molecular weight is 374 g/mol. The van der Waals surface area contributed by atoms with Crippen molar-refractivity contribution in [2.45, 2.75) is 11.8 Å². The Morgan fingerprint density at radius 1 is 1.04 bits per heavy atom. The summed E-state index contributed by atoms with van der Waals surface area (Å²) in [5.41, 5.74) is 3.83. The Hall–Kier alpha value is -3.05. The van der Waals surface area contributed by atoms with Crippen LogP contribution in [0, 0.1) is 0 Å². The summed E-state index contributed by atoms with van der Waals surface area (Å²) in [5.74, 6) is 1.42. The third kappa shape index (κ3) is 3.88. The van der Waals surface area contributed by atoms with Crippen molar-refractivity contribution in [2.24, 2.45) is 0 Å². The van der Waals surface area contributed by atoms with Gasteiger partial charge in [-0.05, 0) is 60.4 Å². The molecule has 0 aliphatic carbocycles. The highest BCUT2D eigenvalue weighted by Crippen LogP contribution is 2.25. The van der Waals surface area contributed by atoms with Crippen LogP contribution in [-0.2, 0) is 0 Å². The zero-order valence-electron chi connectivity index (χ0n) is 14.8. The van der Waals surface area contributed by atoms with Crippen LogP contribution < -0.4 is 5.32 Å². The van der Waals surface area contributed by atoms with Crippen LogP contribution in [0.2, 0.25) is 0 Å². The van der Waals surface area contributed by atoms with E-state index in [1.54, 1.807) is 11.8 Å². The van der Waals surface area contributed by atoms with Crippen molar-refractivity contribution < 1.29 is 9.21 Å². The lowest BCUT2D eigenvalue weighted by molar-refractivity contribution is 0.102. The summed E-state index contributed by atoms with van der Waals surface area (Å²) < 4.78 is 5.78. The predicted octanol–water partition coefficient (Wildman–Crippen LogP) is 5.86. The highest BCUT2D eigenvalue weighted by Gasteiger charge is 2.10. The van der Waals surface area contributed by atoms with Gasteiger partial charge in [-0.3, -0.25) is 4.79 Å². The molecule has 0 aliphatic rings. The lowest BCUT2D eigenvalue weighted by atomic mass is 10.2. The molecule has 0 saturated carbocycles. The number of amides is 1. The number of nitrogens with zero attached hydrogens (tertiary/aromatic N) is 1. The molecule has 0 unspecified atom stereocenters. The maximum Gasteiger partial charge on any atom is 0.255 e. The molecule has 0 saturated heterocycles. The van der Waals surface area contributed by atoms with Crippen molar-refractivity contribution in [1.82, 2.24) is 4.98 Å². The SMILES string of the molecule is CCSc1cccc(C(=O)Nc2ccc(-c3nc4ccccc4o3)cc2)c1. The first-order valence-corrected chi connectivity index (χ1v) is 9.72. The van der Waals surface area contributed by atoms with E-state index in [9.17, 15) is 4.79 Å². The van der Waals surface area contributed by atoms with Gasteiger partial charge in [-0.1, -0.05) is 25.1 Å². The first-order chi connectivity index (χ1) is 13.2. The number of hydrogen-bond acceptors (Lipinski definition) is 4. The van der Waals surface area contributed by atoms with Gasteiger partial charge < -0.3 is 9.73 Å². The summed E-state index contributed by atoms with van der Waals surface area (Å²) in [6.45, 7) is 2.09. The van der Waals surface area contributed by atoms with E-state index in [4.69, 9.17) is 4.42 Å². The van der Waals surface area contributed by atoms with Gasteiger partial charge in [0.2, 0.25) is 5.89 Å². The van der Waals surface area contributed by atoms with Gasteiger partial charge in [0.1, 0.15) is 5.52 Å². The number of thioether (sulfide) groups is 1. The molecular weight excluding hydrogens is 356 g/mol. The fourth-order valence-electron chi connectivity index (χ4n) is 2.79. The van der Waals surface area contributed by atoms with Crippen LogP contribution in [0.25, 0.3) is 22.6 Å². The number of para-hydroxylation sites is 2. The van der Waals surface area contributed by atoms with Gasteiger partial charge in [-0.25, -0.2) is 4.98 Å². The number of fused-ring (bicyclic) bond motifs is 1. The van der Waals surface area contributed by atoms with Gasteiger partial charge in [-0.15, -0.1) is 11.8 Å². The lowest BCUT2D eigenvalue weighted by Crippen LogP contribution is -2.11. The van der Waals surface area contributed by atoms with Crippen LogP contribution in [0.4, 0.5) is 5.69 Å². The molecule has 0 radical (unpaired) electrons.